The van der Waals surface area contributed by atoms with Crippen LogP contribution in [0.25, 0.3) is 0 Å². The second-order valence-electron chi connectivity index (χ2n) is 6.80. The summed E-state index contributed by atoms with van der Waals surface area (Å²) in [4.78, 5) is 16.6. The van der Waals surface area contributed by atoms with Gasteiger partial charge in [-0.25, -0.2) is 4.39 Å². The zero-order valence-corrected chi connectivity index (χ0v) is 15.6. The van der Waals surface area contributed by atoms with Gasteiger partial charge in [-0.1, -0.05) is 24.6 Å². The average molecular weight is 413 g/mol. The Bertz CT molecular complexity index is 911. The fraction of sp³-hybridized carbons (Fsp3) is 0.300. The Kier molecular flexibility index (Phi) is 5.48. The fourth-order valence-electron chi connectivity index (χ4n) is 3.32. The highest BCUT2D eigenvalue weighted by Gasteiger charge is 2.41. The van der Waals surface area contributed by atoms with E-state index in [9.17, 15) is 18.0 Å². The summed E-state index contributed by atoms with van der Waals surface area (Å²) in [5, 5.41) is 2.79. The van der Waals surface area contributed by atoms with Gasteiger partial charge in [0.15, 0.2) is 5.67 Å². The molecule has 2 aromatic rings. The van der Waals surface area contributed by atoms with Crippen LogP contribution >= 0.6 is 11.6 Å². The van der Waals surface area contributed by atoms with Gasteiger partial charge in [-0.15, -0.1) is 0 Å². The van der Waals surface area contributed by atoms with Gasteiger partial charge in [0.25, 0.3) is 5.91 Å². The maximum absolute atomic E-state index is 15.4. The number of amides is 1. The molecule has 0 radical (unpaired) electrons. The Morgan fingerprint density at radius 3 is 2.50 bits per heavy atom. The molecule has 1 aliphatic carbocycles. The summed E-state index contributed by atoms with van der Waals surface area (Å²) in [6.07, 6.45) is -1.53. The van der Waals surface area contributed by atoms with Crippen LogP contribution in [0.5, 0.6) is 0 Å². The van der Waals surface area contributed by atoms with Crippen molar-refractivity contribution >= 4 is 23.2 Å². The van der Waals surface area contributed by atoms with Gasteiger partial charge in [-0.05, 0) is 48.7 Å². The minimum Gasteiger partial charge on any atom is -0.322 e. The summed E-state index contributed by atoms with van der Waals surface area (Å²) in [5.74, 6) is -0.896. The molecule has 1 aromatic heterocycles. The van der Waals surface area contributed by atoms with Crippen LogP contribution in [-0.2, 0) is 16.6 Å². The molecule has 0 fully saturated rings. The van der Waals surface area contributed by atoms with Crippen LogP contribution in [0.15, 0.2) is 54.2 Å². The van der Waals surface area contributed by atoms with Gasteiger partial charge in [0.2, 0.25) is 0 Å². The number of hydrogen-bond donors (Lipinski definition) is 1. The number of nitrogens with zero attached hydrogens (tertiary/aromatic N) is 1. The lowest BCUT2D eigenvalue weighted by Crippen LogP contribution is -2.32. The summed E-state index contributed by atoms with van der Waals surface area (Å²) in [7, 11) is 0. The summed E-state index contributed by atoms with van der Waals surface area (Å²) in [6, 6.07) is 7.32. The minimum atomic E-state index is -4.44. The third-order valence-electron chi connectivity index (χ3n) is 4.72. The van der Waals surface area contributed by atoms with Crippen molar-refractivity contribution in [3.8, 4) is 0 Å². The van der Waals surface area contributed by atoms with E-state index in [-0.39, 0.29) is 29.2 Å². The number of aromatic nitrogens is 1. The number of carbonyl (C=O) groups excluding carboxylic acids is 1. The number of hydrogen-bond acceptors (Lipinski definition) is 2. The van der Waals surface area contributed by atoms with E-state index >= 15 is 4.39 Å². The molecule has 1 amide bonds. The first-order valence-electron chi connectivity index (χ1n) is 8.59. The van der Waals surface area contributed by atoms with Crippen LogP contribution in [0.3, 0.4) is 0 Å². The van der Waals surface area contributed by atoms with Crippen molar-refractivity contribution in [1.82, 2.24) is 4.98 Å². The molecule has 3 rings (SSSR count). The number of pyridine rings is 1. The molecule has 0 aliphatic heterocycles. The molecule has 148 valence electrons. The highest BCUT2D eigenvalue weighted by molar-refractivity contribution is 6.31. The number of anilines is 1. The normalized spacial score (nSPS) is 22.5. The van der Waals surface area contributed by atoms with Crippen molar-refractivity contribution in [1.29, 1.82) is 0 Å². The number of rotatable bonds is 3. The molecular formula is C20H17ClF4N2O. The lowest BCUT2D eigenvalue weighted by Gasteiger charge is -2.32. The third-order valence-corrected chi connectivity index (χ3v) is 5.03. The lowest BCUT2D eigenvalue weighted by atomic mass is 9.78. The maximum atomic E-state index is 15.4. The number of carbonyl (C=O) groups is 1. The Balaban J connectivity index is 1.75. The second kappa shape index (κ2) is 7.54. The predicted molar refractivity (Wildman–Crippen MR) is 98.6 cm³/mol. The molecule has 8 heteroatoms. The van der Waals surface area contributed by atoms with Crippen molar-refractivity contribution in [3.05, 3.63) is 70.5 Å². The monoisotopic (exact) mass is 412 g/mol. The number of halogens is 5. The van der Waals surface area contributed by atoms with Crippen LogP contribution in [-0.4, -0.2) is 10.9 Å². The fourth-order valence-corrected chi connectivity index (χ4v) is 3.61. The number of nitrogens with one attached hydrogen (secondary N) is 1. The van der Waals surface area contributed by atoms with Crippen molar-refractivity contribution in [2.75, 3.05) is 5.32 Å². The largest absolute Gasteiger partial charge is 0.416 e. The van der Waals surface area contributed by atoms with E-state index in [1.54, 1.807) is 19.1 Å². The smallest absolute Gasteiger partial charge is 0.322 e. The standard InChI is InChI=1S/C20H17ClF4N2O/c1-12-11-19(22,17-16(21)3-2-10-26-17)9-8-15(12)18(28)27-14-6-4-13(5-7-14)20(23,24)25/h2-8,10,12H,9,11H2,1H3,(H,27,28). The molecule has 1 aromatic carbocycles. The summed E-state index contributed by atoms with van der Waals surface area (Å²) in [5.41, 5.74) is -1.83. The lowest BCUT2D eigenvalue weighted by molar-refractivity contribution is -0.137. The highest BCUT2D eigenvalue weighted by Crippen LogP contribution is 2.44. The average Bonchev–Trinajstić information content (AvgIpc) is 2.61. The Labute approximate surface area is 164 Å². The molecule has 1 N–H and O–H groups in total. The van der Waals surface area contributed by atoms with Crippen LogP contribution in [0.4, 0.5) is 23.2 Å². The van der Waals surface area contributed by atoms with Crippen LogP contribution in [0.2, 0.25) is 5.02 Å². The zero-order chi connectivity index (χ0) is 20.5. The number of benzene rings is 1. The predicted octanol–water partition coefficient (Wildman–Crippen LogP) is 5.91. The van der Waals surface area contributed by atoms with Gasteiger partial charge in [0, 0.05) is 23.9 Å². The summed E-state index contributed by atoms with van der Waals surface area (Å²) >= 11 is 6.06. The van der Waals surface area contributed by atoms with Crippen molar-refractivity contribution in [2.24, 2.45) is 5.92 Å². The first kappa shape index (κ1) is 20.3. The summed E-state index contributed by atoms with van der Waals surface area (Å²) in [6.45, 7) is 1.71. The highest BCUT2D eigenvalue weighted by atomic mass is 35.5. The SMILES string of the molecule is CC1CC(F)(c2ncccc2Cl)CC=C1C(=O)Nc1ccc(C(F)(F)F)cc1. The van der Waals surface area contributed by atoms with Crippen molar-refractivity contribution in [3.63, 3.8) is 0 Å². The van der Waals surface area contributed by atoms with Crippen LogP contribution in [0, 0.1) is 5.92 Å². The van der Waals surface area contributed by atoms with E-state index in [0.29, 0.717) is 5.57 Å². The second-order valence-corrected chi connectivity index (χ2v) is 7.20. The molecule has 0 saturated heterocycles. The van der Waals surface area contributed by atoms with E-state index in [0.717, 1.165) is 12.1 Å². The topological polar surface area (TPSA) is 42.0 Å². The van der Waals surface area contributed by atoms with Gasteiger partial charge >= 0.3 is 6.18 Å². The Morgan fingerprint density at radius 1 is 1.25 bits per heavy atom. The summed E-state index contributed by atoms with van der Waals surface area (Å²) < 4.78 is 53.3. The molecular weight excluding hydrogens is 396 g/mol. The third kappa shape index (κ3) is 4.19. The molecule has 28 heavy (non-hydrogen) atoms. The Hall–Kier alpha value is -2.41. The molecule has 0 bridgehead atoms. The van der Waals surface area contributed by atoms with Gasteiger partial charge in [-0.2, -0.15) is 13.2 Å². The quantitative estimate of drug-likeness (QED) is 0.636. The van der Waals surface area contributed by atoms with Crippen LogP contribution in [0.1, 0.15) is 31.0 Å². The van der Waals surface area contributed by atoms with E-state index in [1.807, 2.05) is 0 Å². The van der Waals surface area contributed by atoms with Crippen molar-refractivity contribution in [2.45, 2.75) is 31.6 Å². The van der Waals surface area contributed by atoms with Crippen molar-refractivity contribution < 1.29 is 22.4 Å². The van der Waals surface area contributed by atoms with Gasteiger partial charge in [0.1, 0.15) is 0 Å². The molecule has 2 atom stereocenters. The molecule has 0 saturated carbocycles. The maximum Gasteiger partial charge on any atom is 0.416 e. The molecule has 2 unspecified atom stereocenters. The number of alkyl halides is 4. The molecule has 0 spiro atoms. The van der Waals surface area contributed by atoms with Crippen LogP contribution < -0.4 is 5.32 Å². The molecule has 1 aliphatic rings. The van der Waals surface area contributed by atoms with E-state index < -0.39 is 29.2 Å². The Morgan fingerprint density at radius 2 is 1.93 bits per heavy atom. The first-order chi connectivity index (χ1) is 13.1. The minimum absolute atomic E-state index is 0.0238. The van der Waals surface area contributed by atoms with Gasteiger partial charge in [-0.3, -0.25) is 9.78 Å². The first-order valence-corrected chi connectivity index (χ1v) is 8.96. The van der Waals surface area contributed by atoms with Gasteiger partial charge < -0.3 is 5.32 Å². The van der Waals surface area contributed by atoms with E-state index in [2.05, 4.69) is 10.3 Å². The van der Waals surface area contributed by atoms with E-state index in [1.165, 1.54) is 24.4 Å². The molecule has 3 nitrogen and oxygen atoms in total. The number of allylic oxidation sites excluding steroid dienone is 1. The van der Waals surface area contributed by atoms with E-state index in [4.69, 9.17) is 11.6 Å². The zero-order valence-electron chi connectivity index (χ0n) is 14.9. The molecule has 1 heterocycles. The van der Waals surface area contributed by atoms with Gasteiger partial charge in [0.05, 0.1) is 16.3 Å².